The highest BCUT2D eigenvalue weighted by Gasteiger charge is 2.06. The number of ether oxygens (including phenoxy) is 1. The number of carbonyl (C=O) groups excluding carboxylic acids is 1. The van der Waals surface area contributed by atoms with E-state index in [-0.39, 0.29) is 5.97 Å². The van der Waals surface area contributed by atoms with Crippen LogP contribution >= 0.6 is 0 Å². The third kappa shape index (κ3) is 4.78. The molecule has 0 aromatic heterocycles. The fourth-order valence-corrected chi connectivity index (χ4v) is 1.76. The topological polar surface area (TPSA) is 38.3 Å². The molecule has 100 valence electrons. The number of benzene rings is 1. The van der Waals surface area contributed by atoms with E-state index in [1.54, 1.807) is 12.1 Å². The first-order chi connectivity index (χ1) is 8.52. The van der Waals surface area contributed by atoms with Gasteiger partial charge in [0, 0.05) is 11.7 Å². The van der Waals surface area contributed by atoms with Gasteiger partial charge in [0.1, 0.15) is 0 Å². The largest absolute Gasteiger partial charge is 0.465 e. The van der Waals surface area contributed by atoms with E-state index in [1.807, 2.05) is 12.1 Å². The molecule has 0 heterocycles. The van der Waals surface area contributed by atoms with Crippen LogP contribution in [0.2, 0.25) is 0 Å². The molecule has 3 heteroatoms. The maximum absolute atomic E-state index is 11.3. The molecule has 0 saturated heterocycles. The molecule has 0 radical (unpaired) electrons. The Hall–Kier alpha value is -1.51. The minimum atomic E-state index is -0.297. The lowest BCUT2D eigenvalue weighted by molar-refractivity contribution is 0.0601. The molecule has 3 nitrogen and oxygen atoms in total. The van der Waals surface area contributed by atoms with Crippen LogP contribution in [-0.2, 0) is 4.74 Å². The standard InChI is InChI=1S/C15H23NO2/c1-11(2)5-6-12(3)16-14-9-7-13(8-10-14)15(17)18-4/h7-12,16H,5-6H2,1-4H3. The van der Waals surface area contributed by atoms with Crippen LogP contribution in [-0.4, -0.2) is 19.1 Å². The monoisotopic (exact) mass is 249 g/mol. The Bertz CT molecular complexity index is 371. The first-order valence-electron chi connectivity index (χ1n) is 6.48. The molecule has 0 aliphatic heterocycles. The van der Waals surface area contributed by atoms with Gasteiger partial charge in [-0.3, -0.25) is 0 Å². The summed E-state index contributed by atoms with van der Waals surface area (Å²) < 4.78 is 4.66. The molecule has 1 N–H and O–H groups in total. The zero-order valence-corrected chi connectivity index (χ0v) is 11.7. The van der Waals surface area contributed by atoms with E-state index in [9.17, 15) is 4.79 Å². The minimum Gasteiger partial charge on any atom is -0.465 e. The van der Waals surface area contributed by atoms with Gasteiger partial charge in [0.15, 0.2) is 0 Å². The maximum atomic E-state index is 11.3. The smallest absolute Gasteiger partial charge is 0.337 e. The van der Waals surface area contributed by atoms with Crippen LogP contribution in [0, 0.1) is 5.92 Å². The average Bonchev–Trinajstić information content (AvgIpc) is 2.36. The minimum absolute atomic E-state index is 0.297. The molecule has 0 spiro atoms. The van der Waals surface area contributed by atoms with E-state index in [1.165, 1.54) is 13.5 Å². The summed E-state index contributed by atoms with van der Waals surface area (Å²) in [4.78, 5) is 11.3. The highest BCUT2D eigenvalue weighted by atomic mass is 16.5. The zero-order chi connectivity index (χ0) is 13.5. The number of hydrogen-bond donors (Lipinski definition) is 1. The molecule has 1 unspecified atom stereocenters. The van der Waals surface area contributed by atoms with Crippen LogP contribution in [0.3, 0.4) is 0 Å². The number of nitrogens with one attached hydrogen (secondary N) is 1. The van der Waals surface area contributed by atoms with Crippen molar-refractivity contribution in [3.05, 3.63) is 29.8 Å². The fraction of sp³-hybridized carbons (Fsp3) is 0.533. The van der Waals surface area contributed by atoms with Crippen molar-refractivity contribution in [3.63, 3.8) is 0 Å². The molecule has 1 aromatic carbocycles. The molecule has 1 atom stereocenters. The lowest BCUT2D eigenvalue weighted by atomic mass is 10.0. The highest BCUT2D eigenvalue weighted by Crippen LogP contribution is 2.14. The molecule has 1 aromatic rings. The van der Waals surface area contributed by atoms with Gasteiger partial charge in [0.2, 0.25) is 0 Å². The van der Waals surface area contributed by atoms with E-state index in [2.05, 4.69) is 30.8 Å². The third-order valence-electron chi connectivity index (χ3n) is 2.90. The Balaban J connectivity index is 2.50. The van der Waals surface area contributed by atoms with Crippen LogP contribution in [0.4, 0.5) is 5.69 Å². The number of rotatable bonds is 6. The predicted octanol–water partition coefficient (Wildman–Crippen LogP) is 3.71. The number of carbonyl (C=O) groups is 1. The number of anilines is 1. The molecule has 18 heavy (non-hydrogen) atoms. The van der Waals surface area contributed by atoms with Crippen molar-refractivity contribution in [1.29, 1.82) is 0 Å². The molecule has 0 aliphatic carbocycles. The maximum Gasteiger partial charge on any atom is 0.337 e. The predicted molar refractivity (Wildman–Crippen MR) is 74.9 cm³/mol. The molecule has 0 amide bonds. The molecule has 0 aliphatic rings. The van der Waals surface area contributed by atoms with Gasteiger partial charge in [-0.1, -0.05) is 13.8 Å². The average molecular weight is 249 g/mol. The summed E-state index contributed by atoms with van der Waals surface area (Å²) in [5.41, 5.74) is 1.62. The summed E-state index contributed by atoms with van der Waals surface area (Å²) in [7, 11) is 1.39. The van der Waals surface area contributed by atoms with Crippen molar-refractivity contribution in [1.82, 2.24) is 0 Å². The SMILES string of the molecule is COC(=O)c1ccc(NC(C)CCC(C)C)cc1. The molecule has 0 saturated carbocycles. The van der Waals surface area contributed by atoms with Gasteiger partial charge >= 0.3 is 5.97 Å². The summed E-state index contributed by atoms with van der Waals surface area (Å²) in [5, 5.41) is 3.43. The van der Waals surface area contributed by atoms with Crippen LogP contribution in [0.25, 0.3) is 0 Å². The normalized spacial score (nSPS) is 12.3. The Morgan fingerprint density at radius 1 is 1.17 bits per heavy atom. The fourth-order valence-electron chi connectivity index (χ4n) is 1.76. The molecule has 0 fully saturated rings. The highest BCUT2D eigenvalue weighted by molar-refractivity contribution is 5.89. The van der Waals surface area contributed by atoms with Crippen LogP contribution in [0.5, 0.6) is 0 Å². The van der Waals surface area contributed by atoms with Crippen molar-refractivity contribution in [2.75, 3.05) is 12.4 Å². The van der Waals surface area contributed by atoms with Crippen molar-refractivity contribution in [2.24, 2.45) is 5.92 Å². The number of hydrogen-bond acceptors (Lipinski definition) is 3. The molecule has 1 rings (SSSR count). The lowest BCUT2D eigenvalue weighted by Crippen LogP contribution is -2.15. The first-order valence-corrected chi connectivity index (χ1v) is 6.48. The van der Waals surface area contributed by atoms with Crippen LogP contribution < -0.4 is 5.32 Å². The van der Waals surface area contributed by atoms with E-state index in [0.717, 1.165) is 18.0 Å². The quantitative estimate of drug-likeness (QED) is 0.781. The van der Waals surface area contributed by atoms with E-state index in [4.69, 9.17) is 0 Å². The Morgan fingerprint density at radius 2 is 1.78 bits per heavy atom. The summed E-state index contributed by atoms with van der Waals surface area (Å²) in [6.45, 7) is 6.65. The lowest BCUT2D eigenvalue weighted by Gasteiger charge is -2.16. The first kappa shape index (κ1) is 14.6. The van der Waals surface area contributed by atoms with E-state index in [0.29, 0.717) is 11.6 Å². The van der Waals surface area contributed by atoms with E-state index < -0.39 is 0 Å². The molecular weight excluding hydrogens is 226 g/mol. The Kier molecular flexibility index (Phi) is 5.69. The van der Waals surface area contributed by atoms with Crippen molar-refractivity contribution < 1.29 is 9.53 Å². The number of methoxy groups -OCH3 is 1. The Morgan fingerprint density at radius 3 is 2.28 bits per heavy atom. The summed E-state index contributed by atoms with van der Waals surface area (Å²) in [6, 6.07) is 7.83. The van der Waals surface area contributed by atoms with Crippen molar-refractivity contribution >= 4 is 11.7 Å². The second kappa shape index (κ2) is 7.04. The van der Waals surface area contributed by atoms with Crippen LogP contribution in [0.15, 0.2) is 24.3 Å². The van der Waals surface area contributed by atoms with Gasteiger partial charge < -0.3 is 10.1 Å². The summed E-state index contributed by atoms with van der Waals surface area (Å²) in [6.07, 6.45) is 2.37. The molecule has 0 bridgehead atoms. The second-order valence-corrected chi connectivity index (χ2v) is 5.09. The van der Waals surface area contributed by atoms with Crippen molar-refractivity contribution in [2.45, 2.75) is 39.7 Å². The summed E-state index contributed by atoms with van der Waals surface area (Å²) >= 11 is 0. The zero-order valence-electron chi connectivity index (χ0n) is 11.7. The van der Waals surface area contributed by atoms with Gasteiger partial charge in [-0.25, -0.2) is 4.79 Å². The van der Waals surface area contributed by atoms with Crippen LogP contribution in [0.1, 0.15) is 44.0 Å². The second-order valence-electron chi connectivity index (χ2n) is 5.09. The van der Waals surface area contributed by atoms with Gasteiger partial charge in [-0.05, 0) is 49.9 Å². The summed E-state index contributed by atoms with van der Waals surface area (Å²) in [5.74, 6) is 0.436. The molecular formula is C15H23NO2. The van der Waals surface area contributed by atoms with Crippen molar-refractivity contribution in [3.8, 4) is 0 Å². The van der Waals surface area contributed by atoms with Gasteiger partial charge in [0.25, 0.3) is 0 Å². The Labute approximate surface area is 110 Å². The van der Waals surface area contributed by atoms with Gasteiger partial charge in [-0.2, -0.15) is 0 Å². The van der Waals surface area contributed by atoms with Gasteiger partial charge in [-0.15, -0.1) is 0 Å². The van der Waals surface area contributed by atoms with Gasteiger partial charge in [0.05, 0.1) is 12.7 Å². The number of esters is 1. The third-order valence-corrected chi connectivity index (χ3v) is 2.90. The van der Waals surface area contributed by atoms with E-state index >= 15 is 0 Å².